The molecule has 0 radical (unpaired) electrons. The molecule has 2 N–H and O–H groups in total. The van der Waals surface area contributed by atoms with Crippen molar-refractivity contribution < 1.29 is 13.2 Å². The second-order valence-electron chi connectivity index (χ2n) is 5.12. The lowest BCUT2D eigenvalue weighted by atomic mass is 9.95. The van der Waals surface area contributed by atoms with Crippen molar-refractivity contribution in [3.63, 3.8) is 0 Å². The normalized spacial score (nSPS) is 17.2. The first kappa shape index (κ1) is 15.0. The molecule has 1 fully saturated rings. The number of primary amides is 1. The van der Waals surface area contributed by atoms with Gasteiger partial charge in [0.25, 0.3) is 0 Å². The van der Waals surface area contributed by atoms with Crippen LogP contribution in [0.15, 0.2) is 35.2 Å². The van der Waals surface area contributed by atoms with Gasteiger partial charge in [0.15, 0.2) is 0 Å². The Labute approximate surface area is 119 Å². The van der Waals surface area contributed by atoms with Crippen LogP contribution in [0.2, 0.25) is 0 Å². The fraction of sp³-hybridized carbons (Fsp3) is 0.500. The summed E-state index contributed by atoms with van der Waals surface area (Å²) in [4.78, 5) is 11.5. The predicted molar refractivity (Wildman–Crippen MR) is 76.4 cm³/mol. The van der Waals surface area contributed by atoms with Crippen LogP contribution in [0.25, 0.3) is 0 Å². The van der Waals surface area contributed by atoms with Gasteiger partial charge in [-0.05, 0) is 25.0 Å². The molecule has 0 saturated heterocycles. The minimum Gasteiger partial charge on any atom is -0.369 e. The van der Waals surface area contributed by atoms with E-state index < -0.39 is 15.9 Å². The van der Waals surface area contributed by atoms with E-state index in [0.717, 1.165) is 32.1 Å². The predicted octanol–water partition coefficient (Wildman–Crippen LogP) is 1.50. The molecule has 1 aliphatic carbocycles. The molecule has 20 heavy (non-hydrogen) atoms. The Kier molecular flexibility index (Phi) is 4.77. The molecule has 0 unspecified atom stereocenters. The number of amides is 1. The van der Waals surface area contributed by atoms with Crippen LogP contribution in [-0.4, -0.2) is 31.2 Å². The van der Waals surface area contributed by atoms with Crippen LogP contribution in [0.4, 0.5) is 0 Å². The summed E-state index contributed by atoms with van der Waals surface area (Å²) in [5, 5.41) is 0. The fourth-order valence-corrected chi connectivity index (χ4v) is 4.33. The summed E-state index contributed by atoms with van der Waals surface area (Å²) in [6.45, 7) is -0.248. The first-order chi connectivity index (χ1) is 9.51. The largest absolute Gasteiger partial charge is 0.369 e. The zero-order chi connectivity index (χ0) is 14.6. The van der Waals surface area contributed by atoms with Crippen LogP contribution in [0.5, 0.6) is 0 Å². The van der Waals surface area contributed by atoms with E-state index >= 15 is 0 Å². The number of hydrogen-bond donors (Lipinski definition) is 1. The van der Waals surface area contributed by atoms with Crippen molar-refractivity contribution in [1.82, 2.24) is 4.31 Å². The number of carbonyl (C=O) groups excluding carboxylic acids is 1. The minimum absolute atomic E-state index is 0.124. The number of benzene rings is 1. The molecular formula is C14H20N2O3S. The molecule has 1 aliphatic rings. The van der Waals surface area contributed by atoms with Crippen molar-refractivity contribution in [2.45, 2.75) is 43.0 Å². The van der Waals surface area contributed by atoms with Gasteiger partial charge in [0.1, 0.15) is 0 Å². The molecule has 0 aliphatic heterocycles. The van der Waals surface area contributed by atoms with Gasteiger partial charge < -0.3 is 5.73 Å². The Morgan fingerprint density at radius 1 is 1.15 bits per heavy atom. The molecule has 2 rings (SSSR count). The van der Waals surface area contributed by atoms with E-state index in [1.54, 1.807) is 30.3 Å². The SMILES string of the molecule is NC(=O)CN(C1CCCCC1)S(=O)(=O)c1ccccc1. The Balaban J connectivity index is 2.32. The second-order valence-corrected chi connectivity index (χ2v) is 7.01. The van der Waals surface area contributed by atoms with Gasteiger partial charge in [-0.3, -0.25) is 4.79 Å². The zero-order valence-corrected chi connectivity index (χ0v) is 12.2. The molecule has 1 aromatic rings. The van der Waals surface area contributed by atoms with E-state index in [2.05, 4.69) is 0 Å². The van der Waals surface area contributed by atoms with E-state index in [-0.39, 0.29) is 17.5 Å². The molecule has 1 aromatic carbocycles. The monoisotopic (exact) mass is 296 g/mol. The van der Waals surface area contributed by atoms with Crippen LogP contribution in [-0.2, 0) is 14.8 Å². The quantitative estimate of drug-likeness (QED) is 0.894. The molecule has 1 amide bonds. The highest BCUT2D eigenvalue weighted by molar-refractivity contribution is 7.89. The number of carbonyl (C=O) groups is 1. The van der Waals surface area contributed by atoms with Crippen LogP contribution >= 0.6 is 0 Å². The highest BCUT2D eigenvalue weighted by Crippen LogP contribution is 2.27. The van der Waals surface area contributed by atoms with Crippen LogP contribution in [0.3, 0.4) is 0 Å². The maximum Gasteiger partial charge on any atom is 0.243 e. The lowest BCUT2D eigenvalue weighted by Crippen LogP contribution is -2.45. The van der Waals surface area contributed by atoms with Gasteiger partial charge in [0, 0.05) is 6.04 Å². The lowest BCUT2D eigenvalue weighted by Gasteiger charge is -2.32. The highest BCUT2D eigenvalue weighted by atomic mass is 32.2. The number of hydrogen-bond acceptors (Lipinski definition) is 3. The zero-order valence-electron chi connectivity index (χ0n) is 11.4. The van der Waals surface area contributed by atoms with Gasteiger partial charge in [-0.25, -0.2) is 8.42 Å². The first-order valence-corrected chi connectivity index (χ1v) is 8.31. The average Bonchev–Trinajstić information content (AvgIpc) is 2.46. The number of rotatable bonds is 5. The van der Waals surface area contributed by atoms with Gasteiger partial charge >= 0.3 is 0 Å². The Bertz CT molecular complexity index is 551. The van der Waals surface area contributed by atoms with E-state index in [0.29, 0.717) is 0 Å². The summed E-state index contributed by atoms with van der Waals surface area (Å²) in [5.41, 5.74) is 5.23. The number of nitrogens with zero attached hydrogens (tertiary/aromatic N) is 1. The van der Waals surface area contributed by atoms with Crippen molar-refractivity contribution in [3.8, 4) is 0 Å². The summed E-state index contributed by atoms with van der Waals surface area (Å²) in [7, 11) is -3.66. The molecule has 0 atom stereocenters. The van der Waals surface area contributed by atoms with Crippen LogP contribution in [0.1, 0.15) is 32.1 Å². The van der Waals surface area contributed by atoms with Crippen molar-refractivity contribution in [2.24, 2.45) is 5.73 Å². The Morgan fingerprint density at radius 3 is 2.30 bits per heavy atom. The maximum atomic E-state index is 12.7. The summed E-state index contributed by atoms with van der Waals surface area (Å²) < 4.78 is 26.7. The molecule has 1 saturated carbocycles. The van der Waals surface area contributed by atoms with E-state index in [4.69, 9.17) is 5.73 Å². The standard InChI is InChI=1S/C14H20N2O3S/c15-14(17)11-16(12-7-3-1-4-8-12)20(18,19)13-9-5-2-6-10-13/h2,5-6,9-10,12H,1,3-4,7-8,11H2,(H2,15,17). The Morgan fingerprint density at radius 2 is 1.75 bits per heavy atom. The molecule has 0 heterocycles. The van der Waals surface area contributed by atoms with Crippen LogP contribution < -0.4 is 5.73 Å². The molecule has 5 nitrogen and oxygen atoms in total. The topological polar surface area (TPSA) is 80.5 Å². The molecule has 110 valence electrons. The smallest absolute Gasteiger partial charge is 0.243 e. The third-order valence-corrected chi connectivity index (χ3v) is 5.56. The van der Waals surface area contributed by atoms with Crippen molar-refractivity contribution in [1.29, 1.82) is 0 Å². The minimum atomic E-state index is -3.66. The number of sulfonamides is 1. The van der Waals surface area contributed by atoms with Gasteiger partial charge in [-0.2, -0.15) is 4.31 Å². The summed E-state index contributed by atoms with van der Waals surface area (Å²) >= 11 is 0. The Hall–Kier alpha value is -1.40. The molecule has 6 heteroatoms. The molecule has 0 bridgehead atoms. The summed E-state index contributed by atoms with van der Waals surface area (Å²) in [6, 6.07) is 8.09. The lowest BCUT2D eigenvalue weighted by molar-refractivity contribution is -0.118. The highest BCUT2D eigenvalue weighted by Gasteiger charge is 2.33. The molecule has 0 aromatic heterocycles. The first-order valence-electron chi connectivity index (χ1n) is 6.87. The summed E-state index contributed by atoms with van der Waals surface area (Å²) in [5.74, 6) is -0.616. The maximum absolute atomic E-state index is 12.7. The van der Waals surface area contributed by atoms with Crippen molar-refractivity contribution in [3.05, 3.63) is 30.3 Å². The third kappa shape index (κ3) is 3.37. The van der Waals surface area contributed by atoms with Crippen molar-refractivity contribution >= 4 is 15.9 Å². The van der Waals surface area contributed by atoms with E-state index in [1.165, 1.54) is 4.31 Å². The number of nitrogens with two attached hydrogens (primary N) is 1. The van der Waals surface area contributed by atoms with Gasteiger partial charge in [-0.15, -0.1) is 0 Å². The third-order valence-electron chi connectivity index (χ3n) is 3.64. The van der Waals surface area contributed by atoms with Gasteiger partial charge in [0.2, 0.25) is 15.9 Å². The average molecular weight is 296 g/mol. The van der Waals surface area contributed by atoms with Gasteiger partial charge in [-0.1, -0.05) is 37.5 Å². The van der Waals surface area contributed by atoms with E-state index in [9.17, 15) is 13.2 Å². The second kappa shape index (κ2) is 6.37. The molecular weight excluding hydrogens is 276 g/mol. The molecule has 0 spiro atoms. The fourth-order valence-electron chi connectivity index (χ4n) is 2.66. The van der Waals surface area contributed by atoms with Gasteiger partial charge in [0.05, 0.1) is 11.4 Å². The van der Waals surface area contributed by atoms with Crippen molar-refractivity contribution in [2.75, 3.05) is 6.54 Å². The van der Waals surface area contributed by atoms with Crippen LogP contribution in [0, 0.1) is 0 Å². The van der Waals surface area contributed by atoms with E-state index in [1.807, 2.05) is 0 Å². The summed E-state index contributed by atoms with van der Waals surface area (Å²) in [6.07, 6.45) is 4.68.